The quantitative estimate of drug-likeness (QED) is 0.649. The van der Waals surface area contributed by atoms with Gasteiger partial charge in [0.05, 0.1) is 5.56 Å². The first kappa shape index (κ1) is 17.7. The third kappa shape index (κ3) is 4.08. The maximum absolute atomic E-state index is 12.6. The average molecular weight is 364 g/mol. The molecular weight excluding hydrogens is 349 g/mol. The molecule has 0 saturated heterocycles. The maximum Gasteiger partial charge on any atom is 0.416 e. The van der Waals surface area contributed by atoms with E-state index in [1.165, 1.54) is 12.1 Å². The molecule has 5 nitrogen and oxygen atoms in total. The molecule has 0 unspecified atom stereocenters. The normalized spacial score (nSPS) is 11.5. The number of alkyl halides is 3. The van der Waals surface area contributed by atoms with E-state index in [-0.39, 0.29) is 18.0 Å². The lowest BCUT2D eigenvalue weighted by Gasteiger charge is -2.10. The number of phenols is 1. The molecule has 3 rings (SSSR count). The van der Waals surface area contributed by atoms with Gasteiger partial charge in [-0.15, -0.1) is 0 Å². The monoisotopic (exact) mass is 364 g/mol. The summed E-state index contributed by atoms with van der Waals surface area (Å²) in [6.45, 7) is 0.223. The van der Waals surface area contributed by atoms with Crippen molar-refractivity contribution in [2.75, 3.05) is 6.54 Å². The molecule has 2 aromatic carbocycles. The molecule has 0 aliphatic heterocycles. The van der Waals surface area contributed by atoms with Crippen LogP contribution in [0.5, 0.6) is 11.5 Å². The van der Waals surface area contributed by atoms with Crippen LogP contribution in [0.25, 0.3) is 10.9 Å². The Morgan fingerprint density at radius 2 is 2.00 bits per heavy atom. The van der Waals surface area contributed by atoms with Gasteiger partial charge in [-0.1, -0.05) is 6.07 Å². The van der Waals surface area contributed by atoms with Crippen molar-refractivity contribution < 1.29 is 27.8 Å². The number of ether oxygens (including phenoxy) is 1. The molecule has 0 fully saturated rings. The lowest BCUT2D eigenvalue weighted by Crippen LogP contribution is -2.28. The van der Waals surface area contributed by atoms with Gasteiger partial charge in [0.1, 0.15) is 11.5 Å². The zero-order valence-corrected chi connectivity index (χ0v) is 13.4. The molecule has 0 aliphatic rings. The number of nitrogens with one attached hydrogen (secondary N) is 2. The highest BCUT2D eigenvalue weighted by atomic mass is 19.4. The van der Waals surface area contributed by atoms with Crippen molar-refractivity contribution in [1.29, 1.82) is 0 Å². The molecule has 3 N–H and O–H groups in total. The van der Waals surface area contributed by atoms with Crippen LogP contribution in [0.2, 0.25) is 0 Å². The minimum atomic E-state index is -4.50. The second-order valence-electron chi connectivity index (χ2n) is 5.64. The summed E-state index contributed by atoms with van der Waals surface area (Å²) < 4.78 is 42.8. The Bertz CT molecular complexity index is 935. The molecule has 1 aromatic heterocycles. The first-order valence-electron chi connectivity index (χ1n) is 7.75. The Kier molecular flexibility index (Phi) is 4.75. The summed E-state index contributed by atoms with van der Waals surface area (Å²) in [5.74, 6) is -0.0513. The summed E-state index contributed by atoms with van der Waals surface area (Å²) in [5, 5.41) is 12.9. The number of phenolic OH excluding ortho intramolecular Hbond substituents is 1. The summed E-state index contributed by atoms with van der Waals surface area (Å²) in [6, 6.07) is 9.03. The number of aromatic amines is 1. The van der Waals surface area contributed by atoms with Gasteiger partial charge in [0, 0.05) is 23.6 Å². The highest BCUT2D eigenvalue weighted by Gasteiger charge is 2.30. The van der Waals surface area contributed by atoms with Crippen LogP contribution in [0, 0.1) is 0 Å². The standard InChI is InChI=1S/C18H15F3N2O3/c19-18(20,21)12-2-1-3-14(8-12)26-17(25)22-7-6-11-10-23-16-5-4-13(24)9-15(11)16/h1-5,8-10,23-24H,6-7H2,(H,22,25). The SMILES string of the molecule is O=C(NCCc1c[nH]c2ccc(O)cc12)Oc1cccc(C(F)(F)F)c1. The van der Waals surface area contributed by atoms with E-state index in [4.69, 9.17) is 4.74 Å². The number of hydrogen-bond donors (Lipinski definition) is 3. The third-order valence-electron chi connectivity index (χ3n) is 3.79. The van der Waals surface area contributed by atoms with E-state index in [2.05, 4.69) is 10.3 Å². The Labute approximate surface area is 146 Å². The van der Waals surface area contributed by atoms with E-state index in [0.717, 1.165) is 28.6 Å². The van der Waals surface area contributed by atoms with E-state index in [1.807, 2.05) is 0 Å². The van der Waals surface area contributed by atoms with Crippen LogP contribution in [-0.2, 0) is 12.6 Å². The highest BCUT2D eigenvalue weighted by Crippen LogP contribution is 2.31. The van der Waals surface area contributed by atoms with Crippen LogP contribution in [0.3, 0.4) is 0 Å². The van der Waals surface area contributed by atoms with Gasteiger partial charge in [-0.3, -0.25) is 0 Å². The van der Waals surface area contributed by atoms with Gasteiger partial charge in [-0.2, -0.15) is 13.2 Å². The fourth-order valence-corrected chi connectivity index (χ4v) is 2.55. The third-order valence-corrected chi connectivity index (χ3v) is 3.79. The minimum absolute atomic E-state index is 0.135. The number of carbonyl (C=O) groups excluding carboxylic acids is 1. The smallest absolute Gasteiger partial charge is 0.416 e. The first-order valence-corrected chi connectivity index (χ1v) is 7.75. The molecule has 0 spiro atoms. The van der Waals surface area contributed by atoms with E-state index >= 15 is 0 Å². The van der Waals surface area contributed by atoms with Gasteiger partial charge in [-0.05, 0) is 48.4 Å². The van der Waals surface area contributed by atoms with Crippen molar-refractivity contribution in [1.82, 2.24) is 10.3 Å². The van der Waals surface area contributed by atoms with E-state index < -0.39 is 17.8 Å². The maximum atomic E-state index is 12.6. The number of fused-ring (bicyclic) bond motifs is 1. The second kappa shape index (κ2) is 6.99. The lowest BCUT2D eigenvalue weighted by atomic mass is 10.1. The molecule has 136 valence electrons. The van der Waals surface area contributed by atoms with Crippen molar-refractivity contribution in [3.05, 3.63) is 59.8 Å². The number of hydrogen-bond acceptors (Lipinski definition) is 3. The minimum Gasteiger partial charge on any atom is -0.508 e. The molecule has 8 heteroatoms. The van der Waals surface area contributed by atoms with Crippen LogP contribution in [0.15, 0.2) is 48.7 Å². The van der Waals surface area contributed by atoms with Crippen LogP contribution < -0.4 is 10.1 Å². The molecule has 1 amide bonds. The number of halogens is 3. The Hall–Kier alpha value is -3.16. The van der Waals surface area contributed by atoms with E-state index in [1.54, 1.807) is 24.4 Å². The molecule has 3 aromatic rings. The number of carbonyl (C=O) groups is 1. The molecule has 26 heavy (non-hydrogen) atoms. The molecule has 0 atom stereocenters. The van der Waals surface area contributed by atoms with Crippen LogP contribution in [0.1, 0.15) is 11.1 Å². The van der Waals surface area contributed by atoms with E-state index in [9.17, 15) is 23.1 Å². The molecule has 0 saturated carbocycles. The van der Waals surface area contributed by atoms with Crippen molar-refractivity contribution in [3.8, 4) is 11.5 Å². The first-order chi connectivity index (χ1) is 12.3. The summed E-state index contributed by atoms with van der Waals surface area (Å²) >= 11 is 0. The van der Waals surface area contributed by atoms with E-state index in [0.29, 0.717) is 6.42 Å². The number of aromatic nitrogens is 1. The summed E-state index contributed by atoms with van der Waals surface area (Å²) in [4.78, 5) is 14.8. The van der Waals surface area contributed by atoms with Crippen molar-refractivity contribution in [2.24, 2.45) is 0 Å². The fraction of sp³-hybridized carbons (Fsp3) is 0.167. The molecular formula is C18H15F3N2O3. The number of benzene rings is 2. The van der Waals surface area contributed by atoms with Gasteiger partial charge < -0.3 is 20.1 Å². The van der Waals surface area contributed by atoms with Gasteiger partial charge in [0.2, 0.25) is 0 Å². The number of H-pyrrole nitrogens is 1. The molecule has 1 heterocycles. The van der Waals surface area contributed by atoms with Crippen molar-refractivity contribution >= 4 is 17.0 Å². The highest BCUT2D eigenvalue weighted by molar-refractivity contribution is 5.84. The Morgan fingerprint density at radius 3 is 2.77 bits per heavy atom. The lowest BCUT2D eigenvalue weighted by molar-refractivity contribution is -0.137. The topological polar surface area (TPSA) is 74.4 Å². The Morgan fingerprint density at radius 1 is 1.19 bits per heavy atom. The number of amides is 1. The van der Waals surface area contributed by atoms with Crippen molar-refractivity contribution in [2.45, 2.75) is 12.6 Å². The number of aromatic hydroxyl groups is 1. The van der Waals surface area contributed by atoms with Gasteiger partial charge >= 0.3 is 12.3 Å². The van der Waals surface area contributed by atoms with Gasteiger partial charge in [0.25, 0.3) is 0 Å². The predicted octanol–water partition coefficient (Wildman–Crippen LogP) is 4.22. The fourth-order valence-electron chi connectivity index (χ4n) is 2.55. The molecule has 0 bridgehead atoms. The Balaban J connectivity index is 1.57. The predicted molar refractivity (Wildman–Crippen MR) is 89.1 cm³/mol. The zero-order chi connectivity index (χ0) is 18.7. The van der Waals surface area contributed by atoms with Crippen LogP contribution >= 0.6 is 0 Å². The average Bonchev–Trinajstić information content (AvgIpc) is 2.96. The summed E-state index contributed by atoms with van der Waals surface area (Å²) in [6.07, 6.45) is -3.12. The summed E-state index contributed by atoms with van der Waals surface area (Å²) in [5.41, 5.74) is 0.848. The zero-order valence-electron chi connectivity index (χ0n) is 13.4. The van der Waals surface area contributed by atoms with Crippen LogP contribution in [-0.4, -0.2) is 22.7 Å². The summed E-state index contributed by atoms with van der Waals surface area (Å²) in [7, 11) is 0. The van der Waals surface area contributed by atoms with Crippen molar-refractivity contribution in [3.63, 3.8) is 0 Å². The second-order valence-corrected chi connectivity index (χ2v) is 5.64. The molecule has 0 aliphatic carbocycles. The number of rotatable bonds is 4. The van der Waals surface area contributed by atoms with Gasteiger partial charge in [-0.25, -0.2) is 4.79 Å². The van der Waals surface area contributed by atoms with Gasteiger partial charge in [0.15, 0.2) is 0 Å². The molecule has 0 radical (unpaired) electrons. The largest absolute Gasteiger partial charge is 0.508 e. The van der Waals surface area contributed by atoms with Crippen LogP contribution in [0.4, 0.5) is 18.0 Å².